The van der Waals surface area contributed by atoms with Gasteiger partial charge in [0.05, 0.1) is 5.52 Å². The van der Waals surface area contributed by atoms with Crippen LogP contribution in [0, 0.1) is 0 Å². The molecule has 23 heavy (non-hydrogen) atoms. The first-order valence-corrected chi connectivity index (χ1v) is 6.93. The molecule has 0 fully saturated rings. The zero-order valence-electron chi connectivity index (χ0n) is 12.3. The van der Waals surface area contributed by atoms with Crippen molar-refractivity contribution in [3.63, 3.8) is 0 Å². The van der Waals surface area contributed by atoms with Crippen molar-refractivity contribution in [1.29, 1.82) is 0 Å². The van der Waals surface area contributed by atoms with Crippen molar-refractivity contribution in [2.45, 2.75) is 0 Å². The Hall–Kier alpha value is -3.41. The summed E-state index contributed by atoms with van der Waals surface area (Å²) in [6, 6.07) is 13.1. The molecule has 1 heterocycles. The second-order valence-corrected chi connectivity index (χ2v) is 4.97. The van der Waals surface area contributed by atoms with E-state index in [0.717, 1.165) is 16.5 Å². The first-order chi connectivity index (χ1) is 11.1. The molecule has 0 saturated heterocycles. The molecule has 0 radical (unpaired) electrons. The fourth-order valence-corrected chi connectivity index (χ4v) is 2.32. The Morgan fingerprint density at radius 3 is 2.65 bits per heavy atom. The Balaban J connectivity index is 2.05. The minimum atomic E-state index is -0.256. The maximum atomic E-state index is 11.4. The monoisotopic (exact) mass is 305 g/mol. The van der Waals surface area contributed by atoms with E-state index in [0.29, 0.717) is 17.0 Å². The summed E-state index contributed by atoms with van der Waals surface area (Å²) in [5.74, 6) is 0.233. The van der Waals surface area contributed by atoms with Crippen LogP contribution in [0.25, 0.3) is 22.0 Å². The molecule has 6 heteroatoms. The number of hydrogen-bond acceptors (Lipinski definition) is 5. The minimum absolute atomic E-state index is 0.150. The topological polar surface area (TPSA) is 107 Å². The van der Waals surface area contributed by atoms with Crippen molar-refractivity contribution in [3.05, 3.63) is 55.1 Å². The van der Waals surface area contributed by atoms with Gasteiger partial charge in [-0.25, -0.2) is 4.98 Å². The summed E-state index contributed by atoms with van der Waals surface area (Å²) >= 11 is 0. The van der Waals surface area contributed by atoms with Crippen LogP contribution in [0.3, 0.4) is 0 Å². The Morgan fingerprint density at radius 2 is 1.87 bits per heavy atom. The van der Waals surface area contributed by atoms with E-state index in [9.17, 15) is 4.79 Å². The zero-order valence-corrected chi connectivity index (χ0v) is 12.3. The number of nitrogen functional groups attached to an aromatic ring is 2. The Labute approximate surface area is 132 Å². The second-order valence-electron chi connectivity index (χ2n) is 4.97. The number of benzene rings is 2. The number of anilines is 3. The van der Waals surface area contributed by atoms with Gasteiger partial charge in [0.25, 0.3) is 0 Å². The van der Waals surface area contributed by atoms with Gasteiger partial charge in [-0.3, -0.25) is 4.79 Å². The lowest BCUT2D eigenvalue weighted by Crippen LogP contribution is -2.06. The van der Waals surface area contributed by atoms with Gasteiger partial charge >= 0.3 is 0 Å². The highest BCUT2D eigenvalue weighted by Gasteiger charge is 2.07. The average molecular weight is 305 g/mol. The van der Waals surface area contributed by atoms with Gasteiger partial charge in [0.1, 0.15) is 5.82 Å². The maximum Gasteiger partial charge on any atom is 0.247 e. The standard InChI is InChI=1S/C17H15N5O/c1-2-15(23)20-12-5-3-4-10(8-12)11-6-7-14-13(9-11)16(18)22-17(19)21-14/h2-9H,1H2,(H,20,23)(H4,18,19,21,22). The Bertz CT molecular complexity index is 920. The third-order valence-electron chi connectivity index (χ3n) is 3.39. The molecule has 5 N–H and O–H groups in total. The fraction of sp³-hybridized carbons (Fsp3) is 0. The molecule has 0 atom stereocenters. The number of rotatable bonds is 3. The van der Waals surface area contributed by atoms with E-state index < -0.39 is 0 Å². The number of carbonyl (C=O) groups excluding carboxylic acids is 1. The molecule has 6 nitrogen and oxygen atoms in total. The van der Waals surface area contributed by atoms with Gasteiger partial charge in [0.15, 0.2) is 0 Å². The molecule has 2 aromatic carbocycles. The van der Waals surface area contributed by atoms with E-state index in [2.05, 4.69) is 21.9 Å². The lowest BCUT2D eigenvalue weighted by Gasteiger charge is -2.08. The molecule has 3 rings (SSSR count). The van der Waals surface area contributed by atoms with Crippen molar-refractivity contribution in [1.82, 2.24) is 9.97 Å². The molecule has 1 aromatic heterocycles. The molecular weight excluding hydrogens is 290 g/mol. The van der Waals surface area contributed by atoms with Crippen LogP contribution < -0.4 is 16.8 Å². The fourth-order valence-electron chi connectivity index (χ4n) is 2.32. The molecule has 0 aliphatic rings. The van der Waals surface area contributed by atoms with E-state index >= 15 is 0 Å². The SMILES string of the molecule is C=CC(=O)Nc1cccc(-c2ccc3nc(N)nc(N)c3c2)c1. The average Bonchev–Trinajstić information content (AvgIpc) is 2.54. The van der Waals surface area contributed by atoms with Gasteiger partial charge in [-0.15, -0.1) is 0 Å². The molecule has 0 spiro atoms. The van der Waals surface area contributed by atoms with Crippen molar-refractivity contribution in [2.75, 3.05) is 16.8 Å². The molecule has 0 saturated carbocycles. The van der Waals surface area contributed by atoms with Gasteiger partial charge in [0.2, 0.25) is 11.9 Å². The van der Waals surface area contributed by atoms with Crippen LogP contribution in [0.5, 0.6) is 0 Å². The smallest absolute Gasteiger partial charge is 0.247 e. The Morgan fingerprint density at radius 1 is 1.09 bits per heavy atom. The summed E-state index contributed by atoms with van der Waals surface area (Å²) in [5.41, 5.74) is 14.8. The van der Waals surface area contributed by atoms with Gasteiger partial charge in [-0.05, 0) is 41.5 Å². The lowest BCUT2D eigenvalue weighted by atomic mass is 10.0. The zero-order chi connectivity index (χ0) is 16.4. The molecule has 0 bridgehead atoms. The summed E-state index contributed by atoms with van der Waals surface area (Å²) in [5, 5.41) is 3.47. The number of carbonyl (C=O) groups is 1. The molecule has 0 aliphatic carbocycles. The largest absolute Gasteiger partial charge is 0.383 e. The van der Waals surface area contributed by atoms with Crippen LogP contribution in [-0.4, -0.2) is 15.9 Å². The summed E-state index contributed by atoms with van der Waals surface area (Å²) in [6.45, 7) is 3.44. The number of fused-ring (bicyclic) bond motifs is 1. The van der Waals surface area contributed by atoms with E-state index in [1.54, 1.807) is 0 Å². The van der Waals surface area contributed by atoms with E-state index in [-0.39, 0.29) is 11.9 Å². The summed E-state index contributed by atoms with van der Waals surface area (Å²) in [7, 11) is 0. The van der Waals surface area contributed by atoms with E-state index in [1.807, 2.05) is 42.5 Å². The van der Waals surface area contributed by atoms with Crippen LogP contribution >= 0.6 is 0 Å². The van der Waals surface area contributed by atoms with Gasteiger partial charge in [-0.2, -0.15) is 4.98 Å². The van der Waals surface area contributed by atoms with Crippen molar-refractivity contribution < 1.29 is 4.79 Å². The van der Waals surface area contributed by atoms with Gasteiger partial charge in [0, 0.05) is 11.1 Å². The van der Waals surface area contributed by atoms with Crippen LogP contribution in [0.1, 0.15) is 0 Å². The first-order valence-electron chi connectivity index (χ1n) is 6.93. The third kappa shape index (κ3) is 2.96. The maximum absolute atomic E-state index is 11.4. The Kier molecular flexibility index (Phi) is 3.64. The molecule has 114 valence electrons. The molecule has 0 unspecified atom stereocenters. The third-order valence-corrected chi connectivity index (χ3v) is 3.39. The predicted molar refractivity (Wildman–Crippen MR) is 92.6 cm³/mol. The number of hydrogen-bond donors (Lipinski definition) is 3. The van der Waals surface area contributed by atoms with Gasteiger partial charge < -0.3 is 16.8 Å². The molecule has 1 amide bonds. The van der Waals surface area contributed by atoms with Crippen molar-refractivity contribution in [3.8, 4) is 11.1 Å². The highest BCUT2D eigenvalue weighted by Crippen LogP contribution is 2.28. The lowest BCUT2D eigenvalue weighted by molar-refractivity contribution is -0.111. The number of nitrogens with one attached hydrogen (secondary N) is 1. The van der Waals surface area contributed by atoms with Crippen LogP contribution in [-0.2, 0) is 4.79 Å². The molecule has 3 aromatic rings. The van der Waals surface area contributed by atoms with Crippen molar-refractivity contribution >= 4 is 34.3 Å². The summed E-state index contributed by atoms with van der Waals surface area (Å²) in [6.07, 6.45) is 1.23. The quantitative estimate of drug-likeness (QED) is 0.645. The van der Waals surface area contributed by atoms with Crippen LogP contribution in [0.15, 0.2) is 55.1 Å². The number of amides is 1. The van der Waals surface area contributed by atoms with Crippen LogP contribution in [0.4, 0.5) is 17.5 Å². The second kappa shape index (κ2) is 5.76. The summed E-state index contributed by atoms with van der Waals surface area (Å²) < 4.78 is 0. The van der Waals surface area contributed by atoms with Gasteiger partial charge in [-0.1, -0.05) is 24.8 Å². The van der Waals surface area contributed by atoms with E-state index in [1.165, 1.54) is 6.08 Å². The number of nitrogens with two attached hydrogens (primary N) is 2. The number of aromatic nitrogens is 2. The van der Waals surface area contributed by atoms with Crippen LogP contribution in [0.2, 0.25) is 0 Å². The first kappa shape index (κ1) is 14.5. The number of nitrogens with zero attached hydrogens (tertiary/aromatic N) is 2. The normalized spacial score (nSPS) is 10.4. The summed E-state index contributed by atoms with van der Waals surface area (Å²) in [4.78, 5) is 19.5. The molecular formula is C17H15N5O. The predicted octanol–water partition coefficient (Wildman–Crippen LogP) is 2.59. The van der Waals surface area contributed by atoms with Crippen molar-refractivity contribution in [2.24, 2.45) is 0 Å². The highest BCUT2D eigenvalue weighted by atomic mass is 16.1. The van der Waals surface area contributed by atoms with E-state index in [4.69, 9.17) is 11.5 Å². The highest BCUT2D eigenvalue weighted by molar-refractivity contribution is 5.99. The minimum Gasteiger partial charge on any atom is -0.383 e. The molecule has 0 aliphatic heterocycles.